The molecule has 12 heavy (non-hydrogen) atoms. The van der Waals surface area contributed by atoms with Gasteiger partial charge in [-0.25, -0.2) is 9.18 Å². The highest BCUT2D eigenvalue weighted by molar-refractivity contribution is 5.88. The number of hydrogen-bond donors (Lipinski definition) is 1. The molecule has 68 valence electrons. The Hall–Kier alpha value is -1.12. The fourth-order valence-corrected chi connectivity index (χ4v) is 0.889. The van der Waals surface area contributed by atoms with Crippen molar-refractivity contribution < 1.29 is 14.3 Å². The molecule has 2 nitrogen and oxygen atoms in total. The van der Waals surface area contributed by atoms with Crippen molar-refractivity contribution in [2.75, 3.05) is 0 Å². The maximum absolute atomic E-state index is 11.7. The van der Waals surface area contributed by atoms with Crippen molar-refractivity contribution in [3.05, 3.63) is 23.6 Å². The van der Waals surface area contributed by atoms with Crippen LogP contribution in [0.5, 0.6) is 0 Å². The first-order valence-electron chi connectivity index (χ1n) is 3.94. The van der Waals surface area contributed by atoms with E-state index < -0.39 is 5.97 Å². The predicted molar refractivity (Wildman–Crippen MR) is 45.5 cm³/mol. The number of rotatable bonds is 1. The smallest absolute Gasteiger partial charge is 0.331 e. The Morgan fingerprint density at radius 3 is 2.50 bits per heavy atom. The van der Waals surface area contributed by atoms with E-state index >= 15 is 0 Å². The molecule has 0 bridgehead atoms. The van der Waals surface area contributed by atoms with Crippen molar-refractivity contribution in [1.82, 2.24) is 0 Å². The van der Waals surface area contributed by atoms with Gasteiger partial charge in [-0.3, -0.25) is 0 Å². The SMILES string of the molecule is CC.O=C(O)C1=CC/C(=C/F)C1. The summed E-state index contributed by atoms with van der Waals surface area (Å²) in [6.45, 7) is 4.00. The molecule has 0 aromatic heterocycles. The summed E-state index contributed by atoms with van der Waals surface area (Å²) >= 11 is 0. The lowest BCUT2D eigenvalue weighted by Crippen LogP contribution is -1.96. The Labute approximate surface area is 71.4 Å². The van der Waals surface area contributed by atoms with E-state index in [0.717, 1.165) is 0 Å². The summed E-state index contributed by atoms with van der Waals surface area (Å²) in [5.41, 5.74) is 0.835. The van der Waals surface area contributed by atoms with Crippen molar-refractivity contribution in [3.8, 4) is 0 Å². The highest BCUT2D eigenvalue weighted by atomic mass is 19.1. The summed E-state index contributed by atoms with van der Waals surface area (Å²) in [5, 5.41) is 8.41. The Morgan fingerprint density at radius 2 is 2.25 bits per heavy atom. The van der Waals surface area contributed by atoms with Gasteiger partial charge in [-0.05, 0) is 12.0 Å². The van der Waals surface area contributed by atoms with E-state index in [1.165, 1.54) is 6.08 Å². The van der Waals surface area contributed by atoms with Crippen LogP contribution in [0.1, 0.15) is 26.7 Å². The molecular formula is C9H13FO2. The summed E-state index contributed by atoms with van der Waals surface area (Å²) in [7, 11) is 0. The van der Waals surface area contributed by atoms with Crippen LogP contribution in [0.4, 0.5) is 4.39 Å². The summed E-state index contributed by atoms with van der Waals surface area (Å²) in [6.07, 6.45) is 2.71. The van der Waals surface area contributed by atoms with E-state index in [2.05, 4.69) is 0 Å². The van der Waals surface area contributed by atoms with Crippen LogP contribution in [0.2, 0.25) is 0 Å². The Balaban J connectivity index is 0.000000561. The fraction of sp³-hybridized carbons (Fsp3) is 0.444. The zero-order chi connectivity index (χ0) is 9.56. The minimum atomic E-state index is -0.947. The van der Waals surface area contributed by atoms with E-state index in [-0.39, 0.29) is 6.42 Å². The lowest BCUT2D eigenvalue weighted by Gasteiger charge is -1.90. The lowest BCUT2D eigenvalue weighted by atomic mass is 10.2. The second-order valence-corrected chi connectivity index (χ2v) is 2.18. The third-order valence-corrected chi connectivity index (χ3v) is 1.46. The van der Waals surface area contributed by atoms with Gasteiger partial charge in [-0.15, -0.1) is 0 Å². The van der Waals surface area contributed by atoms with Gasteiger partial charge >= 0.3 is 5.97 Å². The molecule has 0 spiro atoms. The van der Waals surface area contributed by atoms with Crippen LogP contribution in [0.3, 0.4) is 0 Å². The van der Waals surface area contributed by atoms with Crippen LogP contribution < -0.4 is 0 Å². The molecule has 0 saturated heterocycles. The van der Waals surface area contributed by atoms with Gasteiger partial charge < -0.3 is 5.11 Å². The topological polar surface area (TPSA) is 37.3 Å². The number of carboxylic acids is 1. The Bertz CT molecular complexity index is 217. The van der Waals surface area contributed by atoms with Crippen LogP contribution in [0.25, 0.3) is 0 Å². The van der Waals surface area contributed by atoms with Gasteiger partial charge in [0, 0.05) is 12.0 Å². The molecule has 0 amide bonds. The van der Waals surface area contributed by atoms with Crippen molar-refractivity contribution in [2.24, 2.45) is 0 Å². The van der Waals surface area contributed by atoms with Crippen molar-refractivity contribution in [1.29, 1.82) is 0 Å². The molecule has 1 N–H and O–H groups in total. The largest absolute Gasteiger partial charge is 0.478 e. The highest BCUT2D eigenvalue weighted by Crippen LogP contribution is 2.23. The van der Waals surface area contributed by atoms with Gasteiger partial charge in [0.2, 0.25) is 0 Å². The monoisotopic (exact) mass is 172 g/mol. The fourth-order valence-electron chi connectivity index (χ4n) is 0.889. The van der Waals surface area contributed by atoms with Gasteiger partial charge in [0.25, 0.3) is 0 Å². The van der Waals surface area contributed by atoms with Crippen LogP contribution in [-0.2, 0) is 4.79 Å². The number of carbonyl (C=O) groups is 1. The summed E-state index contributed by atoms with van der Waals surface area (Å²) in [6, 6.07) is 0. The minimum absolute atomic E-state index is 0.256. The molecule has 0 fully saturated rings. The van der Waals surface area contributed by atoms with Crippen molar-refractivity contribution >= 4 is 5.97 Å². The van der Waals surface area contributed by atoms with Crippen LogP contribution in [0, 0.1) is 0 Å². The van der Waals surface area contributed by atoms with E-state index in [1.54, 1.807) is 0 Å². The van der Waals surface area contributed by atoms with Crippen molar-refractivity contribution in [2.45, 2.75) is 26.7 Å². The first kappa shape index (κ1) is 10.9. The molecule has 3 heteroatoms. The van der Waals surface area contributed by atoms with Gasteiger partial charge in [0.15, 0.2) is 0 Å². The van der Waals surface area contributed by atoms with E-state index in [0.29, 0.717) is 23.9 Å². The molecule has 0 unspecified atom stereocenters. The average Bonchev–Trinajstić information content (AvgIpc) is 2.55. The summed E-state index contributed by atoms with van der Waals surface area (Å²) < 4.78 is 11.7. The van der Waals surface area contributed by atoms with Crippen LogP contribution in [-0.4, -0.2) is 11.1 Å². The minimum Gasteiger partial charge on any atom is -0.478 e. The Morgan fingerprint density at radius 1 is 1.67 bits per heavy atom. The van der Waals surface area contributed by atoms with Crippen LogP contribution in [0.15, 0.2) is 23.6 Å². The normalized spacial score (nSPS) is 18.2. The van der Waals surface area contributed by atoms with Gasteiger partial charge in [0.1, 0.15) is 0 Å². The highest BCUT2D eigenvalue weighted by Gasteiger charge is 2.15. The zero-order valence-corrected chi connectivity index (χ0v) is 7.30. The first-order valence-corrected chi connectivity index (χ1v) is 3.94. The zero-order valence-electron chi connectivity index (χ0n) is 7.30. The van der Waals surface area contributed by atoms with Crippen LogP contribution >= 0.6 is 0 Å². The molecule has 1 rings (SSSR count). The van der Waals surface area contributed by atoms with E-state index in [9.17, 15) is 9.18 Å². The van der Waals surface area contributed by atoms with Crippen molar-refractivity contribution in [3.63, 3.8) is 0 Å². The van der Waals surface area contributed by atoms with E-state index in [1.807, 2.05) is 13.8 Å². The second kappa shape index (κ2) is 5.52. The maximum atomic E-state index is 11.7. The Kier molecular flexibility index (Phi) is 5.00. The molecule has 0 aromatic carbocycles. The quantitative estimate of drug-likeness (QED) is 0.660. The molecule has 0 saturated carbocycles. The van der Waals surface area contributed by atoms with Gasteiger partial charge in [-0.2, -0.15) is 0 Å². The summed E-state index contributed by atoms with van der Waals surface area (Å²) in [5.74, 6) is -0.947. The third-order valence-electron chi connectivity index (χ3n) is 1.46. The lowest BCUT2D eigenvalue weighted by molar-refractivity contribution is -0.132. The molecule has 0 atom stereocenters. The molecule has 1 aliphatic carbocycles. The summed E-state index contributed by atoms with van der Waals surface area (Å²) in [4.78, 5) is 10.2. The maximum Gasteiger partial charge on any atom is 0.331 e. The third kappa shape index (κ3) is 2.86. The first-order chi connectivity index (χ1) is 5.74. The number of aliphatic carboxylic acids is 1. The predicted octanol–water partition coefficient (Wildman–Crippen LogP) is 2.67. The number of carboxylic acid groups (broad SMARTS) is 1. The average molecular weight is 172 g/mol. The van der Waals surface area contributed by atoms with Gasteiger partial charge in [0.05, 0.1) is 6.33 Å². The molecule has 0 heterocycles. The van der Waals surface area contributed by atoms with E-state index in [4.69, 9.17) is 5.11 Å². The molecular weight excluding hydrogens is 159 g/mol. The molecule has 1 aliphatic rings. The second-order valence-electron chi connectivity index (χ2n) is 2.18. The number of halogens is 1. The van der Waals surface area contributed by atoms with Gasteiger partial charge in [-0.1, -0.05) is 19.9 Å². The number of allylic oxidation sites excluding steroid dienone is 2. The molecule has 0 aromatic rings. The standard InChI is InChI=1S/C7H7FO2.C2H6/c8-4-5-1-2-6(3-5)7(9)10;1-2/h2,4H,1,3H2,(H,9,10);1-2H3/b5-4-;. The molecule has 0 aliphatic heterocycles. The number of hydrogen-bond acceptors (Lipinski definition) is 1. The molecule has 0 radical (unpaired) electrons.